The Hall–Kier alpha value is -1.30. The Balaban J connectivity index is 1.93. The smallest absolute Gasteiger partial charge is 0.398 e. The summed E-state index contributed by atoms with van der Waals surface area (Å²) in [6, 6.07) is 5.52. The fourth-order valence-corrected chi connectivity index (χ4v) is 2.66. The maximum absolute atomic E-state index is 14.6. The van der Waals surface area contributed by atoms with Crippen molar-refractivity contribution in [2.75, 3.05) is 0 Å². The first-order chi connectivity index (χ1) is 10.2. The van der Waals surface area contributed by atoms with Crippen LogP contribution in [0, 0.1) is 0 Å². The highest BCUT2D eigenvalue weighted by Gasteiger charge is 2.53. The molecule has 0 unspecified atom stereocenters. The van der Waals surface area contributed by atoms with E-state index in [1.807, 2.05) is 39.8 Å². The Morgan fingerprint density at radius 2 is 1.86 bits per heavy atom. The summed E-state index contributed by atoms with van der Waals surface area (Å²) in [5, 5.41) is 1.47. The largest absolute Gasteiger partial charge is 0.525 e. The highest BCUT2D eigenvalue weighted by atomic mass is 35.5. The third-order valence-corrected chi connectivity index (χ3v) is 4.78. The highest BCUT2D eigenvalue weighted by Crippen LogP contribution is 2.39. The number of halogens is 2. The molecule has 1 N–H and O–H groups in total. The van der Waals surface area contributed by atoms with Crippen LogP contribution in [0.4, 0.5) is 4.39 Å². The molecule has 0 aliphatic carbocycles. The van der Waals surface area contributed by atoms with E-state index >= 15 is 0 Å². The molecular weight excluding hydrogens is 303 g/mol. The highest BCUT2D eigenvalue weighted by molar-refractivity contribution is 6.54. The van der Waals surface area contributed by atoms with Crippen LogP contribution < -0.4 is 0 Å². The second kappa shape index (κ2) is 5.12. The zero-order valence-electron chi connectivity index (χ0n) is 13.0. The number of fused-ring (bicyclic) bond motifs is 1. The monoisotopic (exact) mass is 321 g/mol. The van der Waals surface area contributed by atoms with E-state index in [9.17, 15) is 4.39 Å². The molecule has 3 rings (SSSR count). The van der Waals surface area contributed by atoms with Crippen LogP contribution in [0.15, 0.2) is 30.1 Å². The lowest BCUT2D eigenvalue weighted by Crippen LogP contribution is -2.41. The van der Waals surface area contributed by atoms with Crippen molar-refractivity contribution in [1.82, 2.24) is 4.98 Å². The molecule has 6 heteroatoms. The van der Waals surface area contributed by atoms with E-state index in [1.54, 1.807) is 12.3 Å². The SMILES string of the molecule is CC1(C)OB(C(F)=Cc2c[nH]c3c(Cl)cccc23)OC1(C)C. The van der Waals surface area contributed by atoms with Gasteiger partial charge in [-0.05, 0) is 39.8 Å². The Morgan fingerprint density at radius 3 is 2.50 bits per heavy atom. The Labute approximate surface area is 134 Å². The molecule has 1 saturated heterocycles. The molecule has 0 bridgehead atoms. The van der Waals surface area contributed by atoms with E-state index in [0.29, 0.717) is 10.6 Å². The summed E-state index contributed by atoms with van der Waals surface area (Å²) < 4.78 is 26.0. The zero-order valence-corrected chi connectivity index (χ0v) is 13.8. The van der Waals surface area contributed by atoms with Crippen LogP contribution in [-0.2, 0) is 9.31 Å². The first-order valence-corrected chi connectivity index (χ1v) is 7.57. The lowest BCUT2D eigenvalue weighted by Gasteiger charge is -2.32. The molecule has 0 atom stereocenters. The molecule has 0 amide bonds. The lowest BCUT2D eigenvalue weighted by atomic mass is 9.87. The summed E-state index contributed by atoms with van der Waals surface area (Å²) in [5.41, 5.74) is -0.0833. The predicted molar refractivity (Wildman–Crippen MR) is 88.5 cm³/mol. The molecule has 2 heterocycles. The third kappa shape index (κ3) is 2.47. The second-order valence-corrected chi connectivity index (χ2v) is 6.93. The topological polar surface area (TPSA) is 34.2 Å². The van der Waals surface area contributed by atoms with Crippen LogP contribution in [0.2, 0.25) is 5.02 Å². The van der Waals surface area contributed by atoms with Gasteiger partial charge in [-0.1, -0.05) is 23.7 Å². The van der Waals surface area contributed by atoms with Crippen molar-refractivity contribution in [3.63, 3.8) is 0 Å². The van der Waals surface area contributed by atoms with Crippen LogP contribution >= 0.6 is 11.6 Å². The molecule has 3 nitrogen and oxygen atoms in total. The van der Waals surface area contributed by atoms with Crippen molar-refractivity contribution in [2.24, 2.45) is 0 Å². The molecule has 22 heavy (non-hydrogen) atoms. The van der Waals surface area contributed by atoms with Crippen molar-refractivity contribution in [3.8, 4) is 0 Å². The summed E-state index contributed by atoms with van der Waals surface area (Å²) in [6.45, 7) is 7.58. The van der Waals surface area contributed by atoms with Gasteiger partial charge in [0.05, 0.1) is 21.7 Å². The fourth-order valence-electron chi connectivity index (χ4n) is 2.43. The average molecular weight is 322 g/mol. The van der Waals surface area contributed by atoms with E-state index in [2.05, 4.69) is 4.98 Å². The van der Waals surface area contributed by atoms with Gasteiger partial charge in [-0.15, -0.1) is 0 Å². The average Bonchev–Trinajstić information content (AvgIpc) is 2.90. The minimum absolute atomic E-state index is 0.459. The van der Waals surface area contributed by atoms with Crippen molar-refractivity contribution < 1.29 is 13.7 Å². The number of aromatic amines is 1. The maximum Gasteiger partial charge on any atom is 0.525 e. The fraction of sp³-hybridized carbons (Fsp3) is 0.375. The summed E-state index contributed by atoms with van der Waals surface area (Å²) in [6.07, 6.45) is 3.15. The number of para-hydroxylation sites is 1. The van der Waals surface area contributed by atoms with Crippen LogP contribution in [0.3, 0.4) is 0 Å². The van der Waals surface area contributed by atoms with E-state index in [0.717, 1.165) is 10.9 Å². The van der Waals surface area contributed by atoms with Gasteiger partial charge in [-0.2, -0.15) is 0 Å². The number of rotatable bonds is 2. The van der Waals surface area contributed by atoms with Crippen LogP contribution in [0.25, 0.3) is 17.0 Å². The van der Waals surface area contributed by atoms with E-state index < -0.39 is 24.0 Å². The molecule has 1 fully saturated rings. The molecule has 1 aromatic carbocycles. The number of nitrogens with one attached hydrogen (secondary N) is 1. The Bertz CT molecular complexity index is 738. The minimum atomic E-state index is -0.992. The molecule has 1 aliphatic rings. The molecule has 116 valence electrons. The third-order valence-electron chi connectivity index (χ3n) is 4.47. The van der Waals surface area contributed by atoms with Crippen molar-refractivity contribution in [3.05, 3.63) is 40.7 Å². The molecule has 1 aromatic heterocycles. The predicted octanol–water partition coefficient (Wildman–Crippen LogP) is 4.76. The molecule has 0 radical (unpaired) electrons. The Morgan fingerprint density at radius 1 is 1.23 bits per heavy atom. The van der Waals surface area contributed by atoms with E-state index in [4.69, 9.17) is 20.9 Å². The van der Waals surface area contributed by atoms with E-state index in [-0.39, 0.29) is 0 Å². The number of hydrogen-bond acceptors (Lipinski definition) is 2. The van der Waals surface area contributed by atoms with Gasteiger partial charge in [0.2, 0.25) is 0 Å². The van der Waals surface area contributed by atoms with Crippen LogP contribution in [0.1, 0.15) is 33.3 Å². The van der Waals surface area contributed by atoms with Gasteiger partial charge in [0.1, 0.15) is 5.73 Å². The van der Waals surface area contributed by atoms with Gasteiger partial charge in [0.25, 0.3) is 0 Å². The van der Waals surface area contributed by atoms with Crippen molar-refractivity contribution in [2.45, 2.75) is 38.9 Å². The minimum Gasteiger partial charge on any atom is -0.398 e. The number of H-pyrrole nitrogens is 1. The molecule has 1 aliphatic heterocycles. The van der Waals surface area contributed by atoms with Crippen LogP contribution in [0.5, 0.6) is 0 Å². The molecule has 0 spiro atoms. The van der Waals surface area contributed by atoms with Gasteiger partial charge >= 0.3 is 7.12 Å². The van der Waals surface area contributed by atoms with Crippen molar-refractivity contribution >= 4 is 35.7 Å². The van der Waals surface area contributed by atoms with Crippen LogP contribution in [-0.4, -0.2) is 23.3 Å². The first kappa shape index (κ1) is 15.6. The number of hydrogen-bond donors (Lipinski definition) is 1. The Kier molecular flexibility index (Phi) is 3.63. The first-order valence-electron chi connectivity index (χ1n) is 7.20. The molecule has 2 aromatic rings. The van der Waals surface area contributed by atoms with Gasteiger partial charge in [0, 0.05) is 17.1 Å². The number of aromatic nitrogens is 1. The number of benzene rings is 1. The van der Waals surface area contributed by atoms with Gasteiger partial charge in [-0.25, -0.2) is 4.39 Å². The standard InChI is InChI=1S/C16H18BClFNO2/c1-15(2)16(3,4)22-17(21-15)13(19)8-10-9-20-14-11(10)6-5-7-12(14)18/h5-9,20H,1-4H3. The summed E-state index contributed by atoms with van der Waals surface area (Å²) in [7, 11) is -0.992. The zero-order chi connectivity index (χ0) is 16.1. The van der Waals surface area contributed by atoms with Gasteiger partial charge in [0.15, 0.2) is 0 Å². The normalized spacial score (nSPS) is 20.8. The summed E-state index contributed by atoms with van der Waals surface area (Å²) >= 11 is 6.11. The van der Waals surface area contributed by atoms with Gasteiger partial charge < -0.3 is 14.3 Å². The quantitative estimate of drug-likeness (QED) is 0.809. The summed E-state index contributed by atoms with van der Waals surface area (Å²) in [5.74, 6) is 0. The second-order valence-electron chi connectivity index (χ2n) is 6.52. The van der Waals surface area contributed by atoms with Crippen molar-refractivity contribution in [1.29, 1.82) is 0 Å². The molecule has 0 saturated carbocycles. The summed E-state index contributed by atoms with van der Waals surface area (Å²) in [4.78, 5) is 3.06. The maximum atomic E-state index is 14.6. The lowest BCUT2D eigenvalue weighted by molar-refractivity contribution is 0.00578. The van der Waals surface area contributed by atoms with E-state index in [1.165, 1.54) is 6.08 Å². The van der Waals surface area contributed by atoms with Gasteiger partial charge in [-0.3, -0.25) is 0 Å². The molecular formula is C16H18BClFNO2.